The molecule has 3 amide bonds. The Morgan fingerprint density at radius 1 is 0.818 bits per heavy atom. The molecule has 12 heteroatoms. The second-order valence-corrected chi connectivity index (χ2v) is 7.41. The van der Waals surface area contributed by atoms with Crippen LogP contribution in [0, 0.1) is 18.3 Å². The van der Waals surface area contributed by atoms with E-state index in [1.807, 2.05) is 0 Å². The van der Waals surface area contributed by atoms with Crippen molar-refractivity contribution in [3.63, 3.8) is 0 Å². The molecule has 0 aliphatic rings. The van der Waals surface area contributed by atoms with Crippen LogP contribution in [0.25, 0.3) is 0 Å². The molecule has 0 aliphatic heterocycles. The first kappa shape index (κ1) is 29.2. The van der Waals surface area contributed by atoms with Gasteiger partial charge < -0.3 is 26.6 Å². The predicted octanol–water partition coefficient (Wildman–Crippen LogP) is -0.861. The van der Waals surface area contributed by atoms with E-state index in [1.165, 1.54) is 6.92 Å². The van der Waals surface area contributed by atoms with Gasteiger partial charge in [-0.05, 0) is 6.42 Å². The third-order valence-corrected chi connectivity index (χ3v) is 4.56. The molecule has 0 spiro atoms. The molecular formula is C21H29N3O9. The van der Waals surface area contributed by atoms with Crippen molar-refractivity contribution in [2.75, 3.05) is 0 Å². The summed E-state index contributed by atoms with van der Waals surface area (Å²) in [6.45, 7) is 1.41. The molecule has 0 aromatic carbocycles. The smallest absolute Gasteiger partial charge is 0.305 e. The van der Waals surface area contributed by atoms with Gasteiger partial charge in [0.25, 0.3) is 0 Å². The number of terminal acetylenes is 1. The number of carbonyl (C=O) groups is 7. The molecule has 0 rings (SSSR count). The molecule has 0 saturated carbocycles. The number of hydrogen-bond acceptors (Lipinski definition) is 7. The first-order valence-electron chi connectivity index (χ1n) is 10.2. The first-order valence-corrected chi connectivity index (χ1v) is 10.2. The van der Waals surface area contributed by atoms with E-state index in [0.717, 1.165) is 0 Å². The summed E-state index contributed by atoms with van der Waals surface area (Å²) >= 11 is 0. The molecule has 0 aromatic rings. The molecule has 12 nitrogen and oxygen atoms in total. The topological polar surface area (TPSA) is 210 Å². The quantitative estimate of drug-likeness (QED) is 0.168. The molecule has 0 saturated heterocycles. The van der Waals surface area contributed by atoms with E-state index < -0.39 is 84.9 Å². The fraction of sp³-hybridized carbons (Fsp3) is 0.571. The lowest BCUT2D eigenvalue weighted by Gasteiger charge is -2.19. The standard InChI is InChI=1S/C21H29N3O9/c1-3-4-5-17(27)24-14(11-20(31)32)15(25)7-8-18(28)23-13(6-9-19(29)30)16(26)10-12(2)21(22)33/h1,12-14H,4-11H2,2H3,(H2,22,33)(H,23,28)(H,24,27)(H,29,30)(H,31,32)/t12-,13+,14+/m1/s1. The van der Waals surface area contributed by atoms with E-state index in [0.29, 0.717) is 0 Å². The van der Waals surface area contributed by atoms with Crippen molar-refractivity contribution in [1.29, 1.82) is 0 Å². The van der Waals surface area contributed by atoms with Gasteiger partial charge in [0.15, 0.2) is 11.6 Å². The number of aliphatic carboxylic acids is 2. The van der Waals surface area contributed by atoms with E-state index >= 15 is 0 Å². The number of Topliss-reactive ketones (excluding diaryl/α,β-unsaturated/α-hetero) is 2. The van der Waals surface area contributed by atoms with Crippen molar-refractivity contribution in [1.82, 2.24) is 10.6 Å². The van der Waals surface area contributed by atoms with Gasteiger partial charge in [0.1, 0.15) is 0 Å². The maximum atomic E-state index is 12.4. The van der Waals surface area contributed by atoms with Gasteiger partial charge in [-0.1, -0.05) is 6.92 Å². The van der Waals surface area contributed by atoms with Crippen molar-refractivity contribution in [3.8, 4) is 12.3 Å². The SMILES string of the molecule is C#CCCC(=O)N[C@@H](CC(=O)O)C(=O)CCC(=O)N[C@@H](CCC(=O)O)C(=O)C[C@@H](C)C(N)=O. The van der Waals surface area contributed by atoms with Crippen LogP contribution in [-0.4, -0.2) is 63.5 Å². The summed E-state index contributed by atoms with van der Waals surface area (Å²) in [6, 6.07) is -2.56. The van der Waals surface area contributed by atoms with Crippen LogP contribution in [-0.2, 0) is 33.6 Å². The normalized spacial score (nSPS) is 13.0. The highest BCUT2D eigenvalue weighted by atomic mass is 16.4. The van der Waals surface area contributed by atoms with Gasteiger partial charge in [0.2, 0.25) is 17.7 Å². The van der Waals surface area contributed by atoms with Crippen LogP contribution < -0.4 is 16.4 Å². The molecule has 0 unspecified atom stereocenters. The minimum absolute atomic E-state index is 0.0996. The van der Waals surface area contributed by atoms with Crippen LogP contribution in [0.2, 0.25) is 0 Å². The summed E-state index contributed by atoms with van der Waals surface area (Å²) in [5.74, 6) is -4.52. The van der Waals surface area contributed by atoms with E-state index in [-0.39, 0.29) is 25.7 Å². The predicted molar refractivity (Wildman–Crippen MR) is 113 cm³/mol. The molecule has 0 aromatic heterocycles. The Labute approximate surface area is 190 Å². The summed E-state index contributed by atoms with van der Waals surface area (Å²) in [4.78, 5) is 81.8. The maximum absolute atomic E-state index is 12.4. The summed E-state index contributed by atoms with van der Waals surface area (Å²) in [5, 5.41) is 22.4. The average molecular weight is 467 g/mol. The number of carboxylic acids is 2. The molecule has 0 radical (unpaired) electrons. The number of carbonyl (C=O) groups excluding carboxylic acids is 5. The van der Waals surface area contributed by atoms with Crippen LogP contribution in [0.15, 0.2) is 0 Å². The third kappa shape index (κ3) is 13.3. The zero-order valence-electron chi connectivity index (χ0n) is 18.3. The van der Waals surface area contributed by atoms with E-state index in [4.69, 9.17) is 22.4 Å². The molecule has 0 aliphatic carbocycles. The first-order chi connectivity index (χ1) is 15.4. The van der Waals surface area contributed by atoms with Crippen LogP contribution in [0.5, 0.6) is 0 Å². The molecular weight excluding hydrogens is 438 g/mol. The van der Waals surface area contributed by atoms with Crippen LogP contribution in [0.1, 0.15) is 58.3 Å². The van der Waals surface area contributed by atoms with E-state index in [2.05, 4.69) is 16.6 Å². The Morgan fingerprint density at radius 2 is 1.39 bits per heavy atom. The Morgan fingerprint density at radius 3 is 1.91 bits per heavy atom. The largest absolute Gasteiger partial charge is 0.481 e. The highest BCUT2D eigenvalue weighted by molar-refractivity contribution is 5.95. The summed E-state index contributed by atoms with van der Waals surface area (Å²) < 4.78 is 0. The third-order valence-electron chi connectivity index (χ3n) is 4.56. The number of nitrogens with two attached hydrogens (primary N) is 1. The maximum Gasteiger partial charge on any atom is 0.305 e. The molecule has 182 valence electrons. The lowest BCUT2D eigenvalue weighted by Crippen LogP contribution is -2.44. The lowest BCUT2D eigenvalue weighted by atomic mass is 9.96. The molecule has 0 heterocycles. The van der Waals surface area contributed by atoms with Gasteiger partial charge in [-0.15, -0.1) is 12.3 Å². The molecule has 3 atom stereocenters. The zero-order chi connectivity index (χ0) is 25.6. The van der Waals surface area contributed by atoms with Crippen LogP contribution >= 0.6 is 0 Å². The van der Waals surface area contributed by atoms with Crippen molar-refractivity contribution >= 4 is 41.2 Å². The number of rotatable bonds is 17. The van der Waals surface area contributed by atoms with Gasteiger partial charge in [0.05, 0.1) is 18.5 Å². The zero-order valence-corrected chi connectivity index (χ0v) is 18.3. The highest BCUT2D eigenvalue weighted by Crippen LogP contribution is 2.10. The van der Waals surface area contributed by atoms with E-state index in [1.54, 1.807) is 0 Å². The van der Waals surface area contributed by atoms with Crippen LogP contribution in [0.4, 0.5) is 0 Å². The van der Waals surface area contributed by atoms with Gasteiger partial charge >= 0.3 is 11.9 Å². The van der Waals surface area contributed by atoms with Gasteiger partial charge in [-0.3, -0.25) is 33.6 Å². The number of amides is 3. The monoisotopic (exact) mass is 467 g/mol. The molecule has 6 N–H and O–H groups in total. The summed E-state index contributed by atoms with van der Waals surface area (Å²) in [5.41, 5.74) is 5.12. The Bertz CT molecular complexity index is 816. The second kappa shape index (κ2) is 15.1. The number of carboxylic acid groups (broad SMARTS) is 2. The van der Waals surface area contributed by atoms with Gasteiger partial charge in [-0.25, -0.2) is 0 Å². The van der Waals surface area contributed by atoms with Crippen LogP contribution in [0.3, 0.4) is 0 Å². The minimum Gasteiger partial charge on any atom is -0.481 e. The number of nitrogens with one attached hydrogen (secondary N) is 2. The molecule has 0 fully saturated rings. The Balaban J connectivity index is 5.04. The van der Waals surface area contributed by atoms with Gasteiger partial charge in [-0.2, -0.15) is 0 Å². The van der Waals surface area contributed by atoms with Crippen molar-refractivity contribution < 1.29 is 43.8 Å². The van der Waals surface area contributed by atoms with Gasteiger partial charge in [0, 0.05) is 44.4 Å². The summed E-state index contributed by atoms with van der Waals surface area (Å²) in [7, 11) is 0. The minimum atomic E-state index is -1.36. The second-order valence-electron chi connectivity index (χ2n) is 7.41. The fourth-order valence-electron chi connectivity index (χ4n) is 2.68. The lowest BCUT2D eigenvalue weighted by molar-refractivity contribution is -0.140. The van der Waals surface area contributed by atoms with Crippen molar-refractivity contribution in [2.24, 2.45) is 11.7 Å². The fourth-order valence-corrected chi connectivity index (χ4v) is 2.68. The van der Waals surface area contributed by atoms with Crippen molar-refractivity contribution in [3.05, 3.63) is 0 Å². The summed E-state index contributed by atoms with van der Waals surface area (Å²) in [6.07, 6.45) is 2.54. The van der Waals surface area contributed by atoms with Crippen molar-refractivity contribution in [2.45, 2.75) is 70.4 Å². The van der Waals surface area contributed by atoms with E-state index in [9.17, 15) is 33.6 Å². The average Bonchev–Trinajstić information content (AvgIpc) is 2.72. The number of hydrogen-bond donors (Lipinski definition) is 5. The molecule has 0 bridgehead atoms. The highest BCUT2D eigenvalue weighted by Gasteiger charge is 2.27. The number of primary amides is 1. The Hall–Kier alpha value is -3.75. The Kier molecular flexibility index (Phi) is 13.4. The molecule has 33 heavy (non-hydrogen) atoms. The number of ketones is 2.